The van der Waals surface area contributed by atoms with Gasteiger partial charge >= 0.3 is 0 Å². The molecule has 3 nitrogen and oxygen atoms in total. The molecule has 0 radical (unpaired) electrons. The van der Waals surface area contributed by atoms with Crippen molar-refractivity contribution in [1.82, 2.24) is 0 Å². The minimum absolute atomic E-state index is 0.00230. The summed E-state index contributed by atoms with van der Waals surface area (Å²) in [7, 11) is 0. The Balaban J connectivity index is 0.000000111. The number of phenols is 1. The number of hydrogen-bond acceptors (Lipinski definition) is 3. The molecule has 0 spiro atoms. The van der Waals surface area contributed by atoms with E-state index in [0.717, 1.165) is 29.9 Å². The molecule has 0 saturated heterocycles. The molecule has 0 bridgehead atoms. The number of aromatic hydroxyl groups is 1. The molecule has 656 valence electrons. The zero-order valence-electron chi connectivity index (χ0n) is 76.8. The molecule has 0 heterocycles. The van der Waals surface area contributed by atoms with Gasteiger partial charge in [-0.15, -0.1) is 0 Å². The number of phenolic OH excluding ortho intramolecular Hbond substituents is 1. The van der Waals surface area contributed by atoms with Gasteiger partial charge in [0.15, 0.2) is 0 Å². The van der Waals surface area contributed by atoms with Crippen molar-refractivity contribution in [2.24, 2.45) is 0 Å². The van der Waals surface area contributed by atoms with Crippen LogP contribution in [-0.4, -0.2) is 23.1 Å². The second-order valence-corrected chi connectivity index (χ2v) is 38.4. The lowest BCUT2D eigenvalue weighted by molar-refractivity contribution is 0.171. The predicted octanol–water partition coefficient (Wildman–Crippen LogP) is 36.0. The van der Waals surface area contributed by atoms with Crippen LogP contribution in [-0.2, 0) is 0 Å². The molecule has 1 fully saturated rings. The smallest absolute Gasteiger partial charge is 0.119 e. The van der Waals surface area contributed by atoms with E-state index < -0.39 is 0 Å². The SMILES string of the molecule is C1=C2c3ccccc3-c3ccccc3C2c2c1c1ccccc1c1ccccc21.CCCCCCCCCC(Oc1ccc(C)cc1)C1c2c(c3ccccc3c3ccccc23)-c2c1c1ccccc1c1ccccc21.Cc1ccc(O)cc1.Cc1ccc(OCCCCCCCCCCBr)cc1.c1ccc2c(c1)-c1ccccc1C1C2CC2c3ccccc3-c3ccccc3C21. The van der Waals surface area contributed by atoms with Gasteiger partial charge in [-0.25, -0.2) is 0 Å². The van der Waals surface area contributed by atoms with Crippen LogP contribution in [0, 0.1) is 20.8 Å². The summed E-state index contributed by atoms with van der Waals surface area (Å²) in [5.74, 6) is 4.99. The van der Waals surface area contributed by atoms with Crippen LogP contribution in [0.25, 0.3) is 121 Å². The fourth-order valence-corrected chi connectivity index (χ4v) is 23.8. The van der Waals surface area contributed by atoms with Crippen LogP contribution in [0.15, 0.2) is 364 Å². The summed E-state index contributed by atoms with van der Waals surface area (Å²) in [5, 5.41) is 26.1. The third-order valence-electron chi connectivity index (χ3n) is 29.4. The highest BCUT2D eigenvalue weighted by Crippen LogP contribution is 2.68. The number of unbranched alkanes of at least 4 members (excludes halogenated alkanes) is 13. The summed E-state index contributed by atoms with van der Waals surface area (Å²) < 4.78 is 12.9. The van der Waals surface area contributed by atoms with Crippen LogP contribution >= 0.6 is 15.9 Å². The highest BCUT2D eigenvalue weighted by atomic mass is 79.9. The normalized spacial score (nSPS) is 15.9. The quantitative estimate of drug-likeness (QED) is 0.0418. The molecule has 0 aliphatic heterocycles. The van der Waals surface area contributed by atoms with Crippen LogP contribution in [0.1, 0.15) is 224 Å². The Morgan fingerprint density at radius 2 is 0.636 bits per heavy atom. The monoisotopic (exact) mass is 1780 g/mol. The van der Waals surface area contributed by atoms with Gasteiger partial charge in [0, 0.05) is 17.2 Å². The van der Waals surface area contributed by atoms with E-state index in [1.807, 2.05) is 19.1 Å². The van der Waals surface area contributed by atoms with E-state index in [4.69, 9.17) is 14.6 Å². The molecule has 0 aromatic heterocycles. The summed E-state index contributed by atoms with van der Waals surface area (Å²) >= 11 is 3.47. The number of hydrogen-bond donors (Lipinski definition) is 1. The molecule has 6 atom stereocenters. The van der Waals surface area contributed by atoms with Gasteiger partial charge in [0.05, 0.1) is 6.61 Å². The first kappa shape index (κ1) is 87.1. The van der Waals surface area contributed by atoms with Crippen LogP contribution < -0.4 is 9.47 Å². The molecule has 24 rings (SSSR count). The Labute approximate surface area is 789 Å². The Hall–Kier alpha value is -12.9. The minimum atomic E-state index is 0.00230. The fourth-order valence-electron chi connectivity index (χ4n) is 23.4. The van der Waals surface area contributed by atoms with Crippen LogP contribution in [0.5, 0.6) is 17.2 Å². The second kappa shape index (κ2) is 40.1. The van der Waals surface area contributed by atoms with Gasteiger partial charge in [-0.3, -0.25) is 0 Å². The van der Waals surface area contributed by atoms with Gasteiger partial charge in [0.1, 0.15) is 23.4 Å². The zero-order chi connectivity index (χ0) is 89.4. The van der Waals surface area contributed by atoms with Gasteiger partial charge in [0.25, 0.3) is 0 Å². The van der Waals surface area contributed by atoms with Crippen molar-refractivity contribution in [1.29, 1.82) is 0 Å². The third-order valence-corrected chi connectivity index (χ3v) is 29.9. The Kier molecular flexibility index (Phi) is 26.5. The topological polar surface area (TPSA) is 38.7 Å². The van der Waals surface area contributed by atoms with Gasteiger partial charge in [-0.2, -0.15) is 0 Å². The molecule has 0 amide bonds. The molecule has 18 aromatic rings. The number of alkyl halides is 1. The molecular formula is C128H119BrO3. The van der Waals surface area contributed by atoms with Crippen molar-refractivity contribution in [3.05, 3.63) is 436 Å². The highest BCUT2D eigenvalue weighted by Gasteiger charge is 2.52. The van der Waals surface area contributed by atoms with E-state index in [1.54, 1.807) is 34.4 Å². The lowest BCUT2D eigenvalue weighted by Gasteiger charge is -2.37. The van der Waals surface area contributed by atoms with E-state index in [1.165, 1.54) is 268 Å². The van der Waals surface area contributed by atoms with Crippen molar-refractivity contribution < 1.29 is 14.6 Å². The molecule has 6 unspecified atom stereocenters. The molecule has 18 aromatic carbocycles. The van der Waals surface area contributed by atoms with Gasteiger partial charge < -0.3 is 14.6 Å². The maximum absolute atomic E-state index is 8.76. The Morgan fingerprint density at radius 3 is 1.10 bits per heavy atom. The number of ether oxygens (including phenoxy) is 2. The zero-order valence-corrected chi connectivity index (χ0v) is 78.4. The van der Waals surface area contributed by atoms with E-state index in [0.29, 0.717) is 35.3 Å². The average Bonchev–Trinajstić information content (AvgIpc) is 1.53. The first-order chi connectivity index (χ1) is 65.2. The summed E-state index contributed by atoms with van der Waals surface area (Å²) in [6.07, 6.45) is 24.5. The molecule has 6 aliphatic rings. The minimum Gasteiger partial charge on any atom is -0.508 e. The summed E-state index contributed by atoms with van der Waals surface area (Å²) in [4.78, 5) is 0. The number of benzene rings is 18. The van der Waals surface area contributed by atoms with Gasteiger partial charge in [-0.1, -0.05) is 444 Å². The number of halogens is 1. The number of allylic oxidation sites excluding steroid dienone is 1. The van der Waals surface area contributed by atoms with Crippen molar-refractivity contribution in [2.45, 2.75) is 178 Å². The predicted molar refractivity (Wildman–Crippen MR) is 565 cm³/mol. The number of aryl methyl sites for hydroxylation is 3. The lowest BCUT2D eigenvalue weighted by atomic mass is 9.66. The maximum atomic E-state index is 8.76. The number of fused-ring (bicyclic) bond motifs is 39. The highest BCUT2D eigenvalue weighted by molar-refractivity contribution is 9.09. The molecule has 1 N–H and O–H groups in total. The average molecular weight is 1790 g/mol. The first-order valence-corrected chi connectivity index (χ1v) is 50.1. The second-order valence-electron chi connectivity index (χ2n) is 37.6. The van der Waals surface area contributed by atoms with Crippen LogP contribution in [0.4, 0.5) is 0 Å². The van der Waals surface area contributed by atoms with E-state index in [2.05, 4.69) is 382 Å². The fraction of sp³-hybridized carbons (Fsp3) is 0.234. The van der Waals surface area contributed by atoms with E-state index in [9.17, 15) is 0 Å². The summed E-state index contributed by atoms with van der Waals surface area (Å²) in [5.41, 5.74) is 31.2. The van der Waals surface area contributed by atoms with Crippen LogP contribution in [0.3, 0.4) is 0 Å². The Bertz CT molecular complexity index is 6950. The summed E-state index contributed by atoms with van der Waals surface area (Å²) in [6, 6.07) is 133. The maximum Gasteiger partial charge on any atom is 0.119 e. The standard InChI is InChI=1S/C46H44O.C29H22.C29H18.C17H27BrO.C7H8O/c1-3-4-5-6-7-8-9-26-41(47-32-29-27-31(2)28-30-32)46-44-39-24-16-12-20-35(39)33-18-10-14-22-37(33)42(44)43-38-23-15-11-19-34(38)36-21-13-17-25-40(36)45(43)46;2*1-3-13-22-18(9-1)20-11-5-7-15-24(20)28-26(22)17-27-23-14-4-2-10-19(23)21-12-6-8-16-25(21)29(27)28;1-16-10-12-17(13-11-16)19-15-9-7-5-3-2-4-6-8-14-18;1-6-2-4-7(8)5-3-6/h10-25,27-30,41,46H,3-9,26H2,1-2H3;1-16,26-29H,17H2;1-17,28H;10-13H,2-9,14-15H2,1H3;2-5,8H,1H3. The first-order valence-electron chi connectivity index (χ1n) is 49.0. The lowest BCUT2D eigenvalue weighted by Crippen LogP contribution is -2.26. The third kappa shape index (κ3) is 17.3. The van der Waals surface area contributed by atoms with Gasteiger partial charge in [0.2, 0.25) is 0 Å². The summed E-state index contributed by atoms with van der Waals surface area (Å²) in [6.45, 7) is 9.38. The Morgan fingerprint density at radius 1 is 0.303 bits per heavy atom. The van der Waals surface area contributed by atoms with Crippen molar-refractivity contribution in [3.8, 4) is 61.8 Å². The van der Waals surface area contributed by atoms with E-state index >= 15 is 0 Å². The van der Waals surface area contributed by atoms with Crippen molar-refractivity contribution in [2.75, 3.05) is 11.9 Å². The van der Waals surface area contributed by atoms with Gasteiger partial charge in [-0.05, 0) is 289 Å². The van der Waals surface area contributed by atoms with Crippen molar-refractivity contribution in [3.63, 3.8) is 0 Å². The largest absolute Gasteiger partial charge is 0.508 e. The molecule has 1 saturated carbocycles. The van der Waals surface area contributed by atoms with E-state index in [-0.39, 0.29) is 12.0 Å². The molecule has 132 heavy (non-hydrogen) atoms. The molecule has 4 heteroatoms. The number of rotatable bonds is 22. The van der Waals surface area contributed by atoms with Crippen LogP contribution in [0.2, 0.25) is 0 Å². The van der Waals surface area contributed by atoms with Crippen molar-refractivity contribution >= 4 is 92.2 Å². The molecular weight excluding hydrogens is 1670 g/mol. The molecule has 6 aliphatic carbocycles.